The quantitative estimate of drug-likeness (QED) is 0.738. The van der Waals surface area contributed by atoms with Crippen molar-refractivity contribution in [3.63, 3.8) is 0 Å². The first-order valence-corrected chi connectivity index (χ1v) is 7.99. The van der Waals surface area contributed by atoms with Crippen LogP contribution in [0.5, 0.6) is 5.75 Å². The van der Waals surface area contributed by atoms with Crippen LogP contribution in [0.2, 0.25) is 0 Å². The Kier molecular flexibility index (Phi) is 5.16. The Morgan fingerprint density at radius 2 is 1.81 bits per heavy atom. The van der Waals surface area contributed by atoms with E-state index in [9.17, 15) is 18.0 Å². The van der Waals surface area contributed by atoms with Crippen LogP contribution in [0.3, 0.4) is 0 Å². The molecule has 0 amide bonds. The van der Waals surface area contributed by atoms with Gasteiger partial charge in [0.25, 0.3) is 0 Å². The lowest BCUT2D eigenvalue weighted by Gasteiger charge is -2.16. The van der Waals surface area contributed by atoms with Crippen molar-refractivity contribution in [1.82, 2.24) is 9.55 Å². The van der Waals surface area contributed by atoms with Crippen molar-refractivity contribution in [2.45, 2.75) is 13.5 Å². The topological polar surface area (TPSA) is 56.1 Å². The summed E-state index contributed by atoms with van der Waals surface area (Å²) in [6.07, 6.45) is 0.940. The molecule has 3 aromatic rings. The van der Waals surface area contributed by atoms with Crippen molar-refractivity contribution in [2.75, 3.05) is 12.4 Å². The molecular weight excluding hydrogens is 359 g/mol. The zero-order valence-electron chi connectivity index (χ0n) is 14.6. The molecule has 5 nitrogen and oxygen atoms in total. The number of nitrogens with one attached hydrogen (secondary N) is 1. The van der Waals surface area contributed by atoms with Gasteiger partial charge in [0.2, 0.25) is 11.8 Å². The zero-order chi connectivity index (χ0) is 19.6. The average Bonchev–Trinajstić information content (AvgIpc) is 2.60. The van der Waals surface area contributed by atoms with Crippen LogP contribution in [0.4, 0.5) is 24.8 Å². The fourth-order valence-electron chi connectivity index (χ4n) is 2.57. The molecule has 0 aliphatic carbocycles. The molecule has 0 spiro atoms. The largest absolute Gasteiger partial charge is 0.497 e. The molecule has 0 aliphatic heterocycles. The Balaban J connectivity index is 2.02. The van der Waals surface area contributed by atoms with Gasteiger partial charge >= 0.3 is 5.56 Å². The minimum Gasteiger partial charge on any atom is -0.497 e. The fraction of sp³-hybridized carbons (Fsp3) is 0.158. The van der Waals surface area contributed by atoms with Gasteiger partial charge in [-0.2, -0.15) is 9.37 Å². The second kappa shape index (κ2) is 7.53. The minimum atomic E-state index is -1.07. The highest BCUT2D eigenvalue weighted by Gasteiger charge is 2.12. The second-order valence-electron chi connectivity index (χ2n) is 5.93. The van der Waals surface area contributed by atoms with Gasteiger partial charge in [0, 0.05) is 24.0 Å². The Labute approximate surface area is 153 Å². The number of aryl methyl sites for hydroxylation is 1. The maximum absolute atomic E-state index is 13.8. The first kappa shape index (κ1) is 18.5. The van der Waals surface area contributed by atoms with Gasteiger partial charge in [0.05, 0.1) is 13.7 Å². The predicted molar refractivity (Wildman–Crippen MR) is 94.9 cm³/mol. The number of nitrogens with zero attached hydrogens (tertiary/aromatic N) is 2. The molecule has 0 saturated carbocycles. The van der Waals surface area contributed by atoms with E-state index in [0.29, 0.717) is 11.4 Å². The fourth-order valence-corrected chi connectivity index (χ4v) is 2.57. The molecule has 0 fully saturated rings. The maximum atomic E-state index is 13.8. The van der Waals surface area contributed by atoms with Crippen LogP contribution in [-0.2, 0) is 6.54 Å². The van der Waals surface area contributed by atoms with Crippen LogP contribution in [0.25, 0.3) is 0 Å². The van der Waals surface area contributed by atoms with Crippen LogP contribution in [0.15, 0.2) is 47.4 Å². The number of hydrogen-bond acceptors (Lipinski definition) is 4. The van der Waals surface area contributed by atoms with E-state index >= 15 is 0 Å². The molecule has 1 heterocycles. The third kappa shape index (κ3) is 4.28. The van der Waals surface area contributed by atoms with Crippen molar-refractivity contribution >= 4 is 11.6 Å². The first-order chi connectivity index (χ1) is 12.9. The SMILES string of the molecule is COc1ccc(C)c(Nc2nc(=O)c(F)cn2Cc2cc(F)cc(F)c2)c1. The lowest BCUT2D eigenvalue weighted by molar-refractivity contribution is 0.415. The normalized spacial score (nSPS) is 10.7. The number of methoxy groups -OCH3 is 1. The minimum absolute atomic E-state index is 0.0300. The average molecular weight is 375 g/mol. The van der Waals surface area contributed by atoms with Crippen molar-refractivity contribution in [3.8, 4) is 5.75 Å². The summed E-state index contributed by atoms with van der Waals surface area (Å²) >= 11 is 0. The van der Waals surface area contributed by atoms with Crippen LogP contribution >= 0.6 is 0 Å². The molecule has 8 heteroatoms. The van der Waals surface area contributed by atoms with Gasteiger partial charge in [-0.3, -0.25) is 4.79 Å². The maximum Gasteiger partial charge on any atom is 0.310 e. The molecular formula is C19H16F3N3O2. The number of anilines is 2. The molecule has 0 saturated heterocycles. The predicted octanol–water partition coefficient (Wildman–Crippen LogP) is 3.77. The lowest BCUT2D eigenvalue weighted by atomic mass is 10.2. The number of halogens is 3. The van der Waals surface area contributed by atoms with E-state index in [-0.39, 0.29) is 18.1 Å². The van der Waals surface area contributed by atoms with E-state index in [1.165, 1.54) is 11.7 Å². The third-order valence-electron chi connectivity index (χ3n) is 3.92. The number of hydrogen-bond donors (Lipinski definition) is 1. The summed E-state index contributed by atoms with van der Waals surface area (Å²) in [5, 5.41) is 2.95. The van der Waals surface area contributed by atoms with Gasteiger partial charge in [0.1, 0.15) is 17.4 Å². The van der Waals surface area contributed by atoms with Gasteiger partial charge in [-0.05, 0) is 36.2 Å². The molecule has 140 valence electrons. The van der Waals surface area contributed by atoms with Gasteiger partial charge in [-0.15, -0.1) is 0 Å². The van der Waals surface area contributed by atoms with E-state index in [1.54, 1.807) is 18.2 Å². The molecule has 0 radical (unpaired) electrons. The Morgan fingerprint density at radius 3 is 2.48 bits per heavy atom. The van der Waals surface area contributed by atoms with Gasteiger partial charge in [-0.1, -0.05) is 6.07 Å². The van der Waals surface area contributed by atoms with E-state index in [2.05, 4.69) is 10.3 Å². The van der Waals surface area contributed by atoms with Gasteiger partial charge < -0.3 is 14.6 Å². The van der Waals surface area contributed by atoms with Gasteiger partial charge in [0.15, 0.2) is 0 Å². The summed E-state index contributed by atoms with van der Waals surface area (Å²) < 4.78 is 47.1. The van der Waals surface area contributed by atoms with Gasteiger partial charge in [-0.25, -0.2) is 8.78 Å². The highest BCUT2D eigenvalue weighted by Crippen LogP contribution is 2.24. The Bertz CT molecular complexity index is 1030. The smallest absolute Gasteiger partial charge is 0.310 e. The Hall–Kier alpha value is -3.29. The van der Waals surface area contributed by atoms with E-state index < -0.39 is 23.0 Å². The zero-order valence-corrected chi connectivity index (χ0v) is 14.6. The lowest BCUT2D eigenvalue weighted by Crippen LogP contribution is -2.20. The summed E-state index contributed by atoms with van der Waals surface area (Å²) in [7, 11) is 1.51. The molecule has 2 aromatic carbocycles. The summed E-state index contributed by atoms with van der Waals surface area (Å²) in [4.78, 5) is 15.4. The number of benzene rings is 2. The van der Waals surface area contributed by atoms with E-state index in [4.69, 9.17) is 4.74 Å². The number of rotatable bonds is 5. The standard InChI is InChI=1S/C19H16F3N3O2/c1-11-3-4-15(27-2)8-17(11)23-19-24-18(26)16(22)10-25(19)9-12-5-13(20)7-14(21)6-12/h3-8,10H,9H2,1-2H3,(H,23,24,26). The molecule has 0 aliphatic rings. The summed E-state index contributed by atoms with van der Waals surface area (Å²) in [6.45, 7) is 1.74. The van der Waals surface area contributed by atoms with Crippen molar-refractivity contribution < 1.29 is 17.9 Å². The molecule has 1 N–H and O–H groups in total. The molecule has 0 atom stereocenters. The monoisotopic (exact) mass is 375 g/mol. The molecule has 1 aromatic heterocycles. The molecule has 0 unspecified atom stereocenters. The number of ether oxygens (including phenoxy) is 1. The summed E-state index contributed by atoms with van der Waals surface area (Å²) in [6, 6.07) is 8.25. The molecule has 27 heavy (non-hydrogen) atoms. The second-order valence-corrected chi connectivity index (χ2v) is 5.93. The van der Waals surface area contributed by atoms with E-state index in [0.717, 1.165) is 30.0 Å². The number of aromatic nitrogens is 2. The van der Waals surface area contributed by atoms with Crippen LogP contribution in [0.1, 0.15) is 11.1 Å². The van der Waals surface area contributed by atoms with Crippen molar-refractivity contribution in [1.29, 1.82) is 0 Å². The molecule has 3 rings (SSSR count). The van der Waals surface area contributed by atoms with Crippen LogP contribution < -0.4 is 15.6 Å². The van der Waals surface area contributed by atoms with Crippen LogP contribution in [-0.4, -0.2) is 16.7 Å². The molecule has 0 bridgehead atoms. The Morgan fingerprint density at radius 1 is 1.11 bits per heavy atom. The van der Waals surface area contributed by atoms with Crippen LogP contribution in [0, 0.1) is 24.4 Å². The third-order valence-corrected chi connectivity index (χ3v) is 3.92. The first-order valence-electron chi connectivity index (χ1n) is 7.99. The van der Waals surface area contributed by atoms with E-state index in [1.807, 2.05) is 6.92 Å². The summed E-state index contributed by atoms with van der Waals surface area (Å²) in [5.74, 6) is -1.97. The highest BCUT2D eigenvalue weighted by atomic mass is 19.1. The van der Waals surface area contributed by atoms with Crippen molar-refractivity contribution in [2.24, 2.45) is 0 Å². The van der Waals surface area contributed by atoms with Crippen molar-refractivity contribution in [3.05, 3.63) is 81.5 Å². The highest BCUT2D eigenvalue weighted by molar-refractivity contribution is 5.61. The summed E-state index contributed by atoms with van der Waals surface area (Å²) in [5.41, 5.74) is 0.632.